The van der Waals surface area contributed by atoms with E-state index in [4.69, 9.17) is 0 Å². The second-order valence-corrected chi connectivity index (χ2v) is 6.44. The van der Waals surface area contributed by atoms with Crippen LogP contribution in [0.3, 0.4) is 0 Å². The monoisotopic (exact) mass is 342 g/mol. The van der Waals surface area contributed by atoms with Crippen LogP contribution in [-0.4, -0.2) is 26.0 Å². The van der Waals surface area contributed by atoms with Gasteiger partial charge < -0.3 is 10.3 Å². The largest absolute Gasteiger partial charge is 0.333 e. The standard InChI is InChI=1S/C16H14N4O3S/c1-10(24-16-18-13-4-2-3-5-14(13)19-16)15(21)17-11-6-8-12(9-7-11)20(22)23/h2-10H,1H3,(H,17,21)(H,18,19). The van der Waals surface area contributed by atoms with Gasteiger partial charge in [0, 0.05) is 17.8 Å². The first-order valence-corrected chi connectivity index (χ1v) is 8.07. The number of aromatic nitrogens is 2. The molecule has 3 rings (SSSR count). The summed E-state index contributed by atoms with van der Waals surface area (Å²) in [7, 11) is 0. The second kappa shape index (κ2) is 6.71. The topological polar surface area (TPSA) is 101 Å². The maximum atomic E-state index is 12.2. The average molecular weight is 342 g/mol. The second-order valence-electron chi connectivity index (χ2n) is 5.11. The Hall–Kier alpha value is -2.87. The van der Waals surface area contributed by atoms with Crippen LogP contribution in [0.2, 0.25) is 0 Å². The quantitative estimate of drug-likeness (QED) is 0.419. The van der Waals surface area contributed by atoms with Crippen LogP contribution in [-0.2, 0) is 4.79 Å². The minimum atomic E-state index is -0.481. The number of imidazole rings is 1. The predicted octanol–water partition coefficient (Wildman–Crippen LogP) is 3.59. The first-order valence-electron chi connectivity index (χ1n) is 7.19. The molecule has 0 aliphatic rings. The summed E-state index contributed by atoms with van der Waals surface area (Å²) in [5, 5.41) is 13.7. The first kappa shape index (κ1) is 16.0. The number of nitro benzene ring substituents is 1. The molecule has 0 bridgehead atoms. The van der Waals surface area contributed by atoms with Crippen molar-refractivity contribution in [2.75, 3.05) is 5.32 Å². The average Bonchev–Trinajstić information content (AvgIpc) is 2.97. The van der Waals surface area contributed by atoms with Crippen molar-refractivity contribution in [1.29, 1.82) is 0 Å². The van der Waals surface area contributed by atoms with Gasteiger partial charge in [-0.25, -0.2) is 4.98 Å². The maximum absolute atomic E-state index is 12.2. The van der Waals surface area contributed by atoms with Crippen molar-refractivity contribution in [2.45, 2.75) is 17.3 Å². The summed E-state index contributed by atoms with van der Waals surface area (Å²) in [4.78, 5) is 30.0. The van der Waals surface area contributed by atoms with Crippen molar-refractivity contribution >= 4 is 40.1 Å². The van der Waals surface area contributed by atoms with E-state index in [9.17, 15) is 14.9 Å². The molecule has 3 aromatic rings. The molecule has 7 nitrogen and oxygen atoms in total. The molecule has 1 aromatic heterocycles. The predicted molar refractivity (Wildman–Crippen MR) is 93.1 cm³/mol. The van der Waals surface area contributed by atoms with Crippen molar-refractivity contribution in [3.63, 3.8) is 0 Å². The molecular formula is C16H14N4O3S. The molecule has 1 amide bonds. The normalized spacial score (nSPS) is 12.0. The third kappa shape index (κ3) is 3.54. The van der Waals surface area contributed by atoms with E-state index in [0.717, 1.165) is 11.0 Å². The van der Waals surface area contributed by atoms with Crippen molar-refractivity contribution in [3.05, 3.63) is 58.6 Å². The number of hydrogen-bond donors (Lipinski definition) is 2. The fraction of sp³-hybridized carbons (Fsp3) is 0.125. The Bertz CT molecular complexity index is 859. The van der Waals surface area contributed by atoms with E-state index in [1.54, 1.807) is 6.92 Å². The maximum Gasteiger partial charge on any atom is 0.269 e. The number of H-pyrrole nitrogens is 1. The Morgan fingerprint density at radius 1 is 1.25 bits per heavy atom. The molecule has 1 atom stereocenters. The number of nitrogens with one attached hydrogen (secondary N) is 2. The Morgan fingerprint density at radius 3 is 2.62 bits per heavy atom. The minimum absolute atomic E-state index is 0.0160. The fourth-order valence-corrected chi connectivity index (χ4v) is 2.94. The van der Waals surface area contributed by atoms with Crippen molar-refractivity contribution in [3.8, 4) is 0 Å². The Labute approximate surface area is 141 Å². The van der Waals surface area contributed by atoms with Gasteiger partial charge in [-0.3, -0.25) is 14.9 Å². The SMILES string of the molecule is CC(Sc1nc2ccccc2[nH]1)C(=O)Nc1ccc([N+](=O)[O-])cc1. The number of carbonyl (C=O) groups is 1. The summed E-state index contributed by atoms with van der Waals surface area (Å²) in [6.45, 7) is 1.78. The zero-order valence-corrected chi connectivity index (χ0v) is 13.5. The van der Waals surface area contributed by atoms with Crippen molar-refractivity contribution in [1.82, 2.24) is 9.97 Å². The van der Waals surface area contributed by atoms with Crippen LogP contribution in [0.4, 0.5) is 11.4 Å². The molecule has 1 unspecified atom stereocenters. The third-order valence-corrected chi connectivity index (χ3v) is 4.36. The molecule has 0 saturated heterocycles. The zero-order chi connectivity index (χ0) is 17.1. The minimum Gasteiger partial charge on any atom is -0.333 e. The molecule has 2 N–H and O–H groups in total. The molecule has 0 aliphatic carbocycles. The summed E-state index contributed by atoms with van der Waals surface area (Å²) in [6.07, 6.45) is 0. The molecule has 122 valence electrons. The van der Waals surface area contributed by atoms with E-state index >= 15 is 0 Å². The molecule has 8 heteroatoms. The van der Waals surface area contributed by atoms with Gasteiger partial charge in [-0.15, -0.1) is 0 Å². The van der Waals surface area contributed by atoms with Crippen LogP contribution < -0.4 is 5.32 Å². The van der Waals surface area contributed by atoms with Gasteiger partial charge in [0.1, 0.15) is 0 Å². The van der Waals surface area contributed by atoms with Gasteiger partial charge >= 0.3 is 0 Å². The number of aromatic amines is 1. The number of amides is 1. The fourth-order valence-electron chi connectivity index (χ4n) is 2.12. The van der Waals surface area contributed by atoms with Crippen LogP contribution in [0.15, 0.2) is 53.7 Å². The van der Waals surface area contributed by atoms with Crippen LogP contribution in [0, 0.1) is 10.1 Å². The summed E-state index contributed by atoms with van der Waals surface area (Å²) < 4.78 is 0. The highest BCUT2D eigenvalue weighted by Crippen LogP contribution is 2.24. The van der Waals surface area contributed by atoms with E-state index in [2.05, 4.69) is 15.3 Å². The van der Waals surface area contributed by atoms with Gasteiger partial charge in [0.25, 0.3) is 5.69 Å². The zero-order valence-electron chi connectivity index (χ0n) is 12.7. The van der Waals surface area contributed by atoms with Crippen LogP contribution in [0.5, 0.6) is 0 Å². The number of non-ortho nitro benzene ring substituents is 1. The van der Waals surface area contributed by atoms with Gasteiger partial charge in [0.2, 0.25) is 5.91 Å². The van der Waals surface area contributed by atoms with Crippen LogP contribution in [0.1, 0.15) is 6.92 Å². The lowest BCUT2D eigenvalue weighted by Gasteiger charge is -2.10. The number of thioether (sulfide) groups is 1. The van der Waals surface area contributed by atoms with E-state index in [1.165, 1.54) is 36.0 Å². The number of para-hydroxylation sites is 2. The number of nitro groups is 1. The number of nitrogens with zero attached hydrogens (tertiary/aromatic N) is 2. The smallest absolute Gasteiger partial charge is 0.269 e. The molecule has 0 fully saturated rings. The lowest BCUT2D eigenvalue weighted by Crippen LogP contribution is -2.22. The number of rotatable bonds is 5. The Kier molecular flexibility index (Phi) is 4.48. The number of hydrogen-bond acceptors (Lipinski definition) is 5. The number of anilines is 1. The highest BCUT2D eigenvalue weighted by atomic mass is 32.2. The highest BCUT2D eigenvalue weighted by Gasteiger charge is 2.17. The lowest BCUT2D eigenvalue weighted by atomic mass is 10.3. The summed E-state index contributed by atoms with van der Waals surface area (Å²) in [5.74, 6) is -0.200. The molecule has 24 heavy (non-hydrogen) atoms. The summed E-state index contributed by atoms with van der Waals surface area (Å²) in [5.41, 5.74) is 2.27. The number of fused-ring (bicyclic) bond motifs is 1. The first-order chi connectivity index (χ1) is 11.5. The Balaban J connectivity index is 1.64. The van der Waals surface area contributed by atoms with Gasteiger partial charge in [0.15, 0.2) is 5.16 Å². The molecule has 0 aliphatic heterocycles. The molecule has 0 radical (unpaired) electrons. The van der Waals surface area contributed by atoms with Gasteiger partial charge in [-0.05, 0) is 31.2 Å². The van der Waals surface area contributed by atoms with Crippen molar-refractivity contribution < 1.29 is 9.72 Å². The van der Waals surface area contributed by atoms with Gasteiger partial charge in [0.05, 0.1) is 21.2 Å². The highest BCUT2D eigenvalue weighted by molar-refractivity contribution is 8.00. The van der Waals surface area contributed by atoms with E-state index in [0.29, 0.717) is 10.8 Å². The molecule has 0 saturated carbocycles. The van der Waals surface area contributed by atoms with E-state index < -0.39 is 4.92 Å². The third-order valence-electron chi connectivity index (χ3n) is 3.37. The summed E-state index contributed by atoms with van der Waals surface area (Å²) >= 11 is 1.32. The van der Waals surface area contributed by atoms with E-state index in [1.807, 2.05) is 24.3 Å². The van der Waals surface area contributed by atoms with Crippen LogP contribution >= 0.6 is 11.8 Å². The van der Waals surface area contributed by atoms with E-state index in [-0.39, 0.29) is 16.8 Å². The van der Waals surface area contributed by atoms with Crippen LogP contribution in [0.25, 0.3) is 11.0 Å². The molecular weight excluding hydrogens is 328 g/mol. The Morgan fingerprint density at radius 2 is 1.96 bits per heavy atom. The summed E-state index contributed by atoms with van der Waals surface area (Å²) in [6, 6.07) is 13.4. The molecule has 1 heterocycles. The molecule has 2 aromatic carbocycles. The number of carbonyl (C=O) groups excluding carboxylic acids is 1. The number of benzene rings is 2. The van der Waals surface area contributed by atoms with Gasteiger partial charge in [-0.1, -0.05) is 23.9 Å². The lowest BCUT2D eigenvalue weighted by molar-refractivity contribution is -0.384. The van der Waals surface area contributed by atoms with Gasteiger partial charge in [-0.2, -0.15) is 0 Å². The van der Waals surface area contributed by atoms with Crippen molar-refractivity contribution in [2.24, 2.45) is 0 Å². The molecule has 0 spiro atoms.